The van der Waals surface area contributed by atoms with Gasteiger partial charge in [-0.05, 0) is 49.9 Å². The highest BCUT2D eigenvalue weighted by Gasteiger charge is 2.18. The number of carbonyl (C=O) groups excluding carboxylic acids is 1. The molecule has 168 valence electrons. The zero-order valence-corrected chi connectivity index (χ0v) is 18.1. The van der Waals surface area contributed by atoms with Gasteiger partial charge >= 0.3 is 5.69 Å². The van der Waals surface area contributed by atoms with Crippen molar-refractivity contribution in [3.8, 4) is 5.75 Å². The molecule has 0 bridgehead atoms. The van der Waals surface area contributed by atoms with E-state index in [2.05, 4.69) is 15.3 Å². The lowest BCUT2D eigenvalue weighted by molar-refractivity contribution is 0.0681. The molecule has 0 aliphatic carbocycles. The molecule has 32 heavy (non-hydrogen) atoms. The number of fused-ring (bicyclic) bond motifs is 1. The van der Waals surface area contributed by atoms with Crippen molar-refractivity contribution in [2.24, 2.45) is 0 Å². The van der Waals surface area contributed by atoms with Gasteiger partial charge in [-0.1, -0.05) is 13.0 Å². The first-order valence-corrected chi connectivity index (χ1v) is 10.8. The lowest BCUT2D eigenvalue weighted by Gasteiger charge is -2.16. The summed E-state index contributed by atoms with van der Waals surface area (Å²) in [5, 5.41) is 3.02. The van der Waals surface area contributed by atoms with E-state index in [9.17, 15) is 14.4 Å². The summed E-state index contributed by atoms with van der Waals surface area (Å²) in [6.45, 7) is 5.43. The number of aryl methyl sites for hydroxylation is 2. The number of rotatable bonds is 7. The summed E-state index contributed by atoms with van der Waals surface area (Å²) in [7, 11) is 0. The summed E-state index contributed by atoms with van der Waals surface area (Å²) >= 11 is 0. The Morgan fingerprint density at radius 2 is 2.19 bits per heavy atom. The van der Waals surface area contributed by atoms with Crippen LogP contribution < -0.4 is 21.3 Å². The first-order valence-electron chi connectivity index (χ1n) is 10.8. The normalized spacial score (nSPS) is 15.8. The number of nitrogens with one attached hydrogen (secondary N) is 2. The number of ether oxygens (including phenoxy) is 2. The summed E-state index contributed by atoms with van der Waals surface area (Å²) in [6.07, 6.45) is 4.09. The number of anilines is 1. The fourth-order valence-corrected chi connectivity index (χ4v) is 3.73. The van der Waals surface area contributed by atoms with Crippen LogP contribution in [0.25, 0.3) is 11.0 Å². The third kappa shape index (κ3) is 4.57. The zero-order valence-electron chi connectivity index (χ0n) is 18.1. The quantitative estimate of drug-likeness (QED) is 0.586. The minimum Gasteiger partial charge on any atom is -0.489 e. The highest BCUT2D eigenvalue weighted by Crippen LogP contribution is 2.27. The molecule has 4 rings (SSSR count). The summed E-state index contributed by atoms with van der Waals surface area (Å²) in [6, 6.07) is 6.96. The van der Waals surface area contributed by atoms with Crippen LogP contribution in [0.1, 0.15) is 42.1 Å². The molecule has 1 atom stereocenters. The van der Waals surface area contributed by atoms with E-state index in [4.69, 9.17) is 9.47 Å². The number of hydrogen-bond donors (Lipinski definition) is 2. The standard InChI is InChI=1S/C23H26N4O5/c1-3-8-27-20-17(22(29)26-23(27)30)11-15(12-24-20)21(28)25-18-7-6-14(2)10-19(18)32-13-16-5-4-9-31-16/h6-7,10-12,16H,3-5,8-9,13H2,1-2H3,(H,25,28)(H,26,29,30). The third-order valence-corrected chi connectivity index (χ3v) is 5.38. The highest BCUT2D eigenvalue weighted by molar-refractivity contribution is 6.06. The van der Waals surface area contributed by atoms with E-state index in [0.717, 1.165) is 25.0 Å². The van der Waals surface area contributed by atoms with Gasteiger partial charge in [0.1, 0.15) is 18.0 Å². The number of hydrogen-bond acceptors (Lipinski definition) is 6. The van der Waals surface area contributed by atoms with Crippen LogP contribution in [0.2, 0.25) is 0 Å². The fourth-order valence-electron chi connectivity index (χ4n) is 3.73. The molecule has 9 nitrogen and oxygen atoms in total. The molecule has 1 aromatic carbocycles. The molecule has 1 fully saturated rings. The van der Waals surface area contributed by atoms with Gasteiger partial charge in [0.15, 0.2) is 0 Å². The number of amides is 1. The molecule has 3 aromatic rings. The molecule has 1 aliphatic heterocycles. The van der Waals surface area contributed by atoms with Gasteiger partial charge in [-0.2, -0.15) is 0 Å². The van der Waals surface area contributed by atoms with E-state index in [0.29, 0.717) is 31.0 Å². The molecule has 2 N–H and O–H groups in total. The molecule has 1 aliphatic rings. The Balaban J connectivity index is 1.60. The Morgan fingerprint density at radius 1 is 1.34 bits per heavy atom. The van der Waals surface area contributed by atoms with E-state index >= 15 is 0 Å². The predicted octanol–water partition coefficient (Wildman–Crippen LogP) is 2.61. The first-order chi connectivity index (χ1) is 15.5. The van der Waals surface area contributed by atoms with Crippen LogP contribution in [0.15, 0.2) is 40.1 Å². The van der Waals surface area contributed by atoms with E-state index in [-0.39, 0.29) is 22.7 Å². The maximum absolute atomic E-state index is 12.9. The van der Waals surface area contributed by atoms with Gasteiger partial charge < -0.3 is 14.8 Å². The topological polar surface area (TPSA) is 115 Å². The molecular formula is C23H26N4O5. The maximum atomic E-state index is 12.9. The largest absolute Gasteiger partial charge is 0.489 e. The number of benzene rings is 1. The van der Waals surface area contributed by atoms with Gasteiger partial charge in [0.2, 0.25) is 0 Å². The Bertz CT molecular complexity index is 1260. The number of nitrogens with zero attached hydrogens (tertiary/aromatic N) is 2. The number of carbonyl (C=O) groups is 1. The minimum absolute atomic E-state index is 0.0520. The summed E-state index contributed by atoms with van der Waals surface area (Å²) in [4.78, 5) is 43.9. The SMILES string of the molecule is CCCn1c(=O)[nH]c(=O)c2cc(C(=O)Nc3ccc(C)cc3OCC3CCCO3)cnc21. The van der Waals surface area contributed by atoms with Gasteiger partial charge in [0.05, 0.1) is 22.7 Å². The number of pyridine rings is 1. The second-order valence-electron chi connectivity index (χ2n) is 7.91. The van der Waals surface area contributed by atoms with Gasteiger partial charge in [-0.15, -0.1) is 0 Å². The minimum atomic E-state index is -0.574. The molecule has 0 saturated carbocycles. The Kier molecular flexibility index (Phi) is 6.36. The number of H-pyrrole nitrogens is 1. The van der Waals surface area contributed by atoms with Crippen molar-refractivity contribution in [3.05, 3.63) is 62.4 Å². The molecular weight excluding hydrogens is 412 g/mol. The van der Waals surface area contributed by atoms with Gasteiger partial charge in [0, 0.05) is 19.3 Å². The van der Waals surface area contributed by atoms with Crippen molar-refractivity contribution in [2.75, 3.05) is 18.5 Å². The molecule has 3 heterocycles. The average Bonchev–Trinajstić information content (AvgIpc) is 3.30. The fraction of sp³-hybridized carbons (Fsp3) is 0.391. The van der Waals surface area contributed by atoms with Crippen molar-refractivity contribution in [2.45, 2.75) is 45.8 Å². The lowest BCUT2D eigenvalue weighted by atomic mass is 10.1. The monoisotopic (exact) mass is 438 g/mol. The third-order valence-electron chi connectivity index (χ3n) is 5.38. The Labute approximate surface area is 184 Å². The number of aromatic nitrogens is 3. The molecule has 0 spiro atoms. The predicted molar refractivity (Wildman–Crippen MR) is 121 cm³/mol. The average molecular weight is 438 g/mol. The molecule has 1 saturated heterocycles. The summed E-state index contributed by atoms with van der Waals surface area (Å²) in [5.74, 6) is 0.120. The molecule has 1 amide bonds. The van der Waals surface area contributed by atoms with E-state index < -0.39 is 17.2 Å². The van der Waals surface area contributed by atoms with Gasteiger partial charge in [0.25, 0.3) is 11.5 Å². The van der Waals surface area contributed by atoms with Crippen molar-refractivity contribution in [3.63, 3.8) is 0 Å². The van der Waals surface area contributed by atoms with Gasteiger partial charge in [-0.3, -0.25) is 19.1 Å². The van der Waals surface area contributed by atoms with Gasteiger partial charge in [-0.25, -0.2) is 9.78 Å². The molecule has 2 aromatic heterocycles. The second kappa shape index (κ2) is 9.35. The zero-order chi connectivity index (χ0) is 22.7. The maximum Gasteiger partial charge on any atom is 0.329 e. The Morgan fingerprint density at radius 3 is 2.94 bits per heavy atom. The van der Waals surface area contributed by atoms with Crippen molar-refractivity contribution < 1.29 is 14.3 Å². The number of aromatic amines is 1. The first kappa shape index (κ1) is 21.8. The molecule has 0 radical (unpaired) electrons. The Hall–Kier alpha value is -3.46. The van der Waals surface area contributed by atoms with Crippen molar-refractivity contribution in [1.82, 2.24) is 14.5 Å². The molecule has 1 unspecified atom stereocenters. The van der Waals surface area contributed by atoms with Crippen molar-refractivity contribution >= 4 is 22.6 Å². The molecule has 9 heteroatoms. The van der Waals surface area contributed by atoms with E-state index in [1.807, 2.05) is 26.0 Å². The van der Waals surface area contributed by atoms with Crippen LogP contribution >= 0.6 is 0 Å². The highest BCUT2D eigenvalue weighted by atomic mass is 16.5. The van der Waals surface area contributed by atoms with Crippen LogP contribution in [0.5, 0.6) is 5.75 Å². The summed E-state index contributed by atoms with van der Waals surface area (Å²) < 4.78 is 12.9. The van der Waals surface area contributed by atoms with Crippen LogP contribution in [0.3, 0.4) is 0 Å². The van der Waals surface area contributed by atoms with Crippen LogP contribution in [-0.4, -0.2) is 39.8 Å². The van der Waals surface area contributed by atoms with Crippen LogP contribution in [0, 0.1) is 6.92 Å². The van der Waals surface area contributed by atoms with E-state index in [1.54, 1.807) is 6.07 Å². The van der Waals surface area contributed by atoms with E-state index in [1.165, 1.54) is 16.8 Å². The second-order valence-corrected chi connectivity index (χ2v) is 7.91. The lowest BCUT2D eigenvalue weighted by Crippen LogP contribution is -2.31. The van der Waals surface area contributed by atoms with Crippen molar-refractivity contribution in [1.29, 1.82) is 0 Å². The summed E-state index contributed by atoms with van der Waals surface area (Å²) in [5.41, 5.74) is 0.891. The van der Waals surface area contributed by atoms with Crippen LogP contribution in [-0.2, 0) is 11.3 Å². The van der Waals surface area contributed by atoms with Crippen LogP contribution in [0.4, 0.5) is 5.69 Å². The smallest absolute Gasteiger partial charge is 0.329 e.